The smallest absolute Gasteiger partial charge is 0.248 e. The van der Waals surface area contributed by atoms with E-state index in [9.17, 15) is 0 Å². The maximum absolute atomic E-state index is 8.84. The van der Waals surface area contributed by atoms with E-state index < -0.39 is 0 Å². The number of rotatable bonds is 7. The van der Waals surface area contributed by atoms with Gasteiger partial charge < -0.3 is 9.15 Å². The van der Waals surface area contributed by atoms with Crippen molar-refractivity contribution in [1.29, 1.82) is 5.26 Å². The van der Waals surface area contributed by atoms with E-state index in [1.807, 2.05) is 24.3 Å². The van der Waals surface area contributed by atoms with Crippen molar-refractivity contribution in [3.05, 3.63) is 54.1 Å². The molecule has 0 fully saturated rings. The van der Waals surface area contributed by atoms with Gasteiger partial charge in [-0.3, -0.25) is 0 Å². The summed E-state index contributed by atoms with van der Waals surface area (Å²) in [5.74, 6) is 1.72. The molecule has 0 aliphatic heterocycles. The molecule has 0 saturated carbocycles. The number of unbranched alkanes of at least 4 members (excludes halogenated alkanes) is 2. The van der Waals surface area contributed by atoms with Gasteiger partial charge in [-0.1, -0.05) is 19.8 Å². The first kappa shape index (κ1) is 16.7. The minimum atomic E-state index is 0.430. The van der Waals surface area contributed by atoms with Gasteiger partial charge in [0, 0.05) is 11.1 Å². The van der Waals surface area contributed by atoms with Gasteiger partial charge in [-0.15, -0.1) is 10.2 Å². The molecule has 126 valence electrons. The molecule has 0 aliphatic rings. The maximum Gasteiger partial charge on any atom is 0.248 e. The first-order valence-corrected chi connectivity index (χ1v) is 8.37. The van der Waals surface area contributed by atoms with E-state index in [1.165, 1.54) is 12.8 Å². The highest BCUT2D eigenvalue weighted by molar-refractivity contribution is 5.59. The van der Waals surface area contributed by atoms with Crippen LogP contribution in [0.2, 0.25) is 0 Å². The summed E-state index contributed by atoms with van der Waals surface area (Å²) in [6.45, 7) is 2.90. The standard InChI is InChI=1S/C20H19N3O2/c1-2-3-4-13-24-18-11-9-17(10-12-18)20-23-22-19(25-20)16-7-5-15(14-21)6-8-16/h5-12H,2-4,13H2,1H3. The molecule has 3 aromatic rings. The van der Waals surface area contributed by atoms with Crippen molar-refractivity contribution in [2.75, 3.05) is 6.61 Å². The molecule has 5 nitrogen and oxygen atoms in total. The largest absolute Gasteiger partial charge is 0.494 e. The Hall–Kier alpha value is -3.13. The molecule has 3 rings (SSSR count). The van der Waals surface area contributed by atoms with E-state index in [0.717, 1.165) is 29.9 Å². The lowest BCUT2D eigenvalue weighted by Gasteiger charge is -2.05. The van der Waals surface area contributed by atoms with Crippen LogP contribution in [0.3, 0.4) is 0 Å². The topological polar surface area (TPSA) is 71.9 Å². The zero-order valence-corrected chi connectivity index (χ0v) is 14.1. The van der Waals surface area contributed by atoms with Crippen molar-refractivity contribution in [2.24, 2.45) is 0 Å². The fraction of sp³-hybridized carbons (Fsp3) is 0.250. The molecule has 2 aromatic carbocycles. The minimum absolute atomic E-state index is 0.430. The average Bonchev–Trinajstić information content (AvgIpc) is 3.16. The molecular formula is C20H19N3O2. The number of nitrogens with zero attached hydrogens (tertiary/aromatic N) is 3. The second-order valence-electron chi connectivity index (χ2n) is 5.68. The number of aromatic nitrogens is 2. The molecule has 0 amide bonds. The second-order valence-corrected chi connectivity index (χ2v) is 5.68. The lowest BCUT2D eigenvalue weighted by molar-refractivity contribution is 0.306. The predicted octanol–water partition coefficient (Wildman–Crippen LogP) is 4.84. The average molecular weight is 333 g/mol. The van der Waals surface area contributed by atoms with Gasteiger partial charge in [0.15, 0.2) is 0 Å². The molecule has 0 saturated heterocycles. The van der Waals surface area contributed by atoms with Gasteiger partial charge in [0.05, 0.1) is 18.2 Å². The zero-order valence-electron chi connectivity index (χ0n) is 14.1. The molecular weight excluding hydrogens is 314 g/mol. The van der Waals surface area contributed by atoms with Gasteiger partial charge in [0.25, 0.3) is 0 Å². The molecule has 0 radical (unpaired) electrons. The predicted molar refractivity (Wildman–Crippen MR) is 94.9 cm³/mol. The van der Waals surface area contributed by atoms with Crippen LogP contribution in [0.4, 0.5) is 0 Å². The van der Waals surface area contributed by atoms with E-state index >= 15 is 0 Å². The first-order valence-electron chi connectivity index (χ1n) is 8.37. The number of ether oxygens (including phenoxy) is 1. The highest BCUT2D eigenvalue weighted by atomic mass is 16.5. The van der Waals surface area contributed by atoms with E-state index in [1.54, 1.807) is 24.3 Å². The molecule has 0 unspecified atom stereocenters. The van der Waals surface area contributed by atoms with E-state index in [2.05, 4.69) is 23.2 Å². The Balaban J connectivity index is 1.68. The Labute approximate surface area is 146 Å². The van der Waals surface area contributed by atoms with Crippen LogP contribution in [0.1, 0.15) is 31.7 Å². The summed E-state index contributed by atoms with van der Waals surface area (Å²) in [7, 11) is 0. The van der Waals surface area contributed by atoms with Crippen LogP contribution in [-0.4, -0.2) is 16.8 Å². The maximum atomic E-state index is 8.84. The molecule has 25 heavy (non-hydrogen) atoms. The lowest BCUT2D eigenvalue weighted by atomic mass is 10.1. The minimum Gasteiger partial charge on any atom is -0.494 e. The number of hydrogen-bond acceptors (Lipinski definition) is 5. The third kappa shape index (κ3) is 4.24. The van der Waals surface area contributed by atoms with Crippen LogP contribution in [0.15, 0.2) is 52.9 Å². The summed E-state index contributed by atoms with van der Waals surface area (Å²) in [6, 6.07) is 16.8. The van der Waals surface area contributed by atoms with Gasteiger partial charge in [-0.2, -0.15) is 5.26 Å². The van der Waals surface area contributed by atoms with Crippen molar-refractivity contribution in [1.82, 2.24) is 10.2 Å². The highest BCUT2D eigenvalue weighted by Gasteiger charge is 2.10. The Morgan fingerprint density at radius 1 is 0.920 bits per heavy atom. The van der Waals surface area contributed by atoms with Crippen molar-refractivity contribution in [2.45, 2.75) is 26.2 Å². The van der Waals surface area contributed by atoms with Gasteiger partial charge in [0.2, 0.25) is 11.8 Å². The quantitative estimate of drug-likeness (QED) is 0.578. The summed E-state index contributed by atoms with van der Waals surface area (Å²) >= 11 is 0. The summed E-state index contributed by atoms with van der Waals surface area (Å²) in [6.07, 6.45) is 3.43. The van der Waals surface area contributed by atoms with Gasteiger partial charge in [-0.05, 0) is 55.0 Å². The number of nitriles is 1. The van der Waals surface area contributed by atoms with Gasteiger partial charge in [-0.25, -0.2) is 0 Å². The monoisotopic (exact) mass is 333 g/mol. The van der Waals surface area contributed by atoms with Crippen LogP contribution in [0.25, 0.3) is 22.9 Å². The molecule has 0 atom stereocenters. The molecule has 0 aliphatic carbocycles. The van der Waals surface area contributed by atoms with E-state index in [-0.39, 0.29) is 0 Å². The van der Waals surface area contributed by atoms with Crippen LogP contribution < -0.4 is 4.74 Å². The number of benzene rings is 2. The van der Waals surface area contributed by atoms with Crippen molar-refractivity contribution < 1.29 is 9.15 Å². The third-order valence-corrected chi connectivity index (χ3v) is 3.80. The molecule has 0 N–H and O–H groups in total. The third-order valence-electron chi connectivity index (χ3n) is 3.80. The lowest BCUT2D eigenvalue weighted by Crippen LogP contribution is -1.96. The second kappa shape index (κ2) is 8.11. The van der Waals surface area contributed by atoms with Crippen LogP contribution in [-0.2, 0) is 0 Å². The fourth-order valence-electron chi connectivity index (χ4n) is 2.38. The fourth-order valence-corrected chi connectivity index (χ4v) is 2.38. The van der Waals surface area contributed by atoms with E-state index in [0.29, 0.717) is 17.3 Å². The Morgan fingerprint density at radius 3 is 2.08 bits per heavy atom. The number of hydrogen-bond donors (Lipinski definition) is 0. The van der Waals surface area contributed by atoms with Crippen molar-refractivity contribution >= 4 is 0 Å². The Kier molecular flexibility index (Phi) is 5.43. The molecule has 1 heterocycles. The van der Waals surface area contributed by atoms with Gasteiger partial charge in [0.1, 0.15) is 5.75 Å². The molecule has 0 bridgehead atoms. The molecule has 5 heteroatoms. The molecule has 1 aromatic heterocycles. The Morgan fingerprint density at radius 2 is 1.52 bits per heavy atom. The van der Waals surface area contributed by atoms with Crippen molar-refractivity contribution in [3.8, 4) is 34.7 Å². The summed E-state index contributed by atoms with van der Waals surface area (Å²) in [5.41, 5.74) is 2.22. The zero-order chi connectivity index (χ0) is 17.5. The summed E-state index contributed by atoms with van der Waals surface area (Å²) in [4.78, 5) is 0. The highest BCUT2D eigenvalue weighted by Crippen LogP contribution is 2.25. The van der Waals surface area contributed by atoms with Gasteiger partial charge >= 0.3 is 0 Å². The SMILES string of the molecule is CCCCCOc1ccc(-c2nnc(-c3ccc(C#N)cc3)o2)cc1. The van der Waals surface area contributed by atoms with Crippen molar-refractivity contribution in [3.63, 3.8) is 0 Å². The van der Waals surface area contributed by atoms with E-state index in [4.69, 9.17) is 14.4 Å². The summed E-state index contributed by atoms with van der Waals surface area (Å²) in [5, 5.41) is 17.0. The summed E-state index contributed by atoms with van der Waals surface area (Å²) < 4.78 is 11.4. The van der Waals surface area contributed by atoms with Crippen LogP contribution in [0.5, 0.6) is 5.75 Å². The first-order chi connectivity index (χ1) is 12.3. The van der Waals surface area contributed by atoms with Crippen LogP contribution >= 0.6 is 0 Å². The normalized spacial score (nSPS) is 10.4. The Bertz CT molecular complexity index is 846. The molecule has 0 spiro atoms. The van der Waals surface area contributed by atoms with Crippen LogP contribution in [0, 0.1) is 11.3 Å².